The fourth-order valence-corrected chi connectivity index (χ4v) is 3.47. The zero-order valence-corrected chi connectivity index (χ0v) is 13.2. The number of nitrogens with zero attached hydrogens (tertiary/aromatic N) is 1. The minimum absolute atomic E-state index is 0.328. The van der Waals surface area contributed by atoms with Crippen molar-refractivity contribution in [3.05, 3.63) is 24.3 Å². The van der Waals surface area contributed by atoms with Crippen LogP contribution in [0.25, 0.3) is 0 Å². The van der Waals surface area contributed by atoms with Crippen LogP contribution in [0, 0.1) is 11.3 Å². The molecular weight excluding hydrogens is 248 g/mol. The van der Waals surface area contributed by atoms with Crippen molar-refractivity contribution in [3.63, 3.8) is 0 Å². The van der Waals surface area contributed by atoms with E-state index in [9.17, 15) is 5.11 Å². The highest BCUT2D eigenvalue weighted by Crippen LogP contribution is 2.39. The van der Waals surface area contributed by atoms with Crippen molar-refractivity contribution in [1.82, 2.24) is 5.32 Å². The second-order valence-corrected chi connectivity index (χ2v) is 6.96. The predicted molar refractivity (Wildman–Crippen MR) is 85.3 cm³/mol. The Morgan fingerprint density at radius 2 is 1.95 bits per heavy atom. The Hall–Kier alpha value is -1.22. The number of phenolic OH excluding ortho intramolecular Hbond substituents is 1. The summed E-state index contributed by atoms with van der Waals surface area (Å²) >= 11 is 0. The van der Waals surface area contributed by atoms with Crippen LogP contribution in [0.2, 0.25) is 0 Å². The summed E-state index contributed by atoms with van der Waals surface area (Å²) in [5.41, 5.74) is 1.62. The molecule has 1 fully saturated rings. The third kappa shape index (κ3) is 3.66. The van der Waals surface area contributed by atoms with E-state index in [4.69, 9.17) is 0 Å². The molecule has 1 aromatic carbocycles. The fourth-order valence-electron chi connectivity index (χ4n) is 3.47. The maximum absolute atomic E-state index is 9.38. The highest BCUT2D eigenvalue weighted by molar-refractivity contribution is 5.48. The number of hydrogen-bond donors (Lipinski definition) is 2. The third-order valence-electron chi connectivity index (χ3n) is 4.69. The Morgan fingerprint density at radius 1 is 1.30 bits per heavy atom. The molecule has 1 saturated carbocycles. The number of phenols is 1. The molecule has 1 aliphatic rings. The number of hydrogen-bond acceptors (Lipinski definition) is 3. The zero-order valence-electron chi connectivity index (χ0n) is 13.2. The summed E-state index contributed by atoms with van der Waals surface area (Å²) < 4.78 is 0. The molecule has 0 amide bonds. The third-order valence-corrected chi connectivity index (χ3v) is 4.69. The molecule has 2 rings (SSSR count). The Bertz CT molecular complexity index is 427. The van der Waals surface area contributed by atoms with Crippen molar-refractivity contribution in [2.75, 3.05) is 25.5 Å². The average Bonchev–Trinajstić information content (AvgIpc) is 2.38. The van der Waals surface area contributed by atoms with Gasteiger partial charge in [0.05, 0.1) is 0 Å². The van der Waals surface area contributed by atoms with Gasteiger partial charge in [0.25, 0.3) is 0 Å². The molecule has 20 heavy (non-hydrogen) atoms. The molecule has 0 bridgehead atoms. The molecule has 0 radical (unpaired) electrons. The van der Waals surface area contributed by atoms with Crippen LogP contribution in [0.3, 0.4) is 0 Å². The van der Waals surface area contributed by atoms with Gasteiger partial charge in [0, 0.05) is 25.3 Å². The van der Waals surface area contributed by atoms with E-state index in [1.54, 1.807) is 12.1 Å². The Kier molecular flexibility index (Phi) is 4.59. The summed E-state index contributed by atoms with van der Waals surface area (Å²) in [6.07, 6.45) is 3.83. The number of nitrogens with one attached hydrogen (secondary N) is 1. The van der Waals surface area contributed by atoms with Gasteiger partial charge in [-0.05, 0) is 61.9 Å². The van der Waals surface area contributed by atoms with Crippen molar-refractivity contribution >= 4 is 5.69 Å². The number of benzene rings is 1. The van der Waals surface area contributed by atoms with Crippen molar-refractivity contribution in [2.24, 2.45) is 11.3 Å². The van der Waals surface area contributed by atoms with E-state index in [0.29, 0.717) is 23.1 Å². The molecule has 2 atom stereocenters. The van der Waals surface area contributed by atoms with Crippen LogP contribution >= 0.6 is 0 Å². The summed E-state index contributed by atoms with van der Waals surface area (Å²) in [6.45, 7) is 5.82. The van der Waals surface area contributed by atoms with Crippen molar-refractivity contribution in [3.8, 4) is 5.75 Å². The van der Waals surface area contributed by atoms with Crippen molar-refractivity contribution in [2.45, 2.75) is 39.2 Å². The molecule has 3 heteroatoms. The van der Waals surface area contributed by atoms with Gasteiger partial charge in [-0.2, -0.15) is 0 Å². The van der Waals surface area contributed by atoms with Gasteiger partial charge in [0.1, 0.15) is 5.75 Å². The topological polar surface area (TPSA) is 35.5 Å². The van der Waals surface area contributed by atoms with Crippen LogP contribution in [0.5, 0.6) is 5.75 Å². The van der Waals surface area contributed by atoms with Crippen molar-refractivity contribution in [1.29, 1.82) is 0 Å². The van der Waals surface area contributed by atoms with Gasteiger partial charge in [0.2, 0.25) is 0 Å². The van der Waals surface area contributed by atoms with Crippen LogP contribution < -0.4 is 10.2 Å². The van der Waals surface area contributed by atoms with E-state index in [0.717, 1.165) is 6.54 Å². The van der Waals surface area contributed by atoms with E-state index < -0.39 is 0 Å². The lowest BCUT2D eigenvalue weighted by atomic mass is 9.69. The first kappa shape index (κ1) is 15.2. The second kappa shape index (κ2) is 6.04. The predicted octanol–water partition coefficient (Wildman–Crippen LogP) is 3.24. The molecule has 2 unspecified atom stereocenters. The minimum Gasteiger partial charge on any atom is -0.508 e. The maximum Gasteiger partial charge on any atom is 0.115 e. The van der Waals surface area contributed by atoms with Gasteiger partial charge < -0.3 is 15.3 Å². The van der Waals surface area contributed by atoms with Crippen molar-refractivity contribution < 1.29 is 5.11 Å². The minimum atomic E-state index is 0.328. The average molecular weight is 276 g/mol. The summed E-state index contributed by atoms with van der Waals surface area (Å²) in [7, 11) is 4.22. The Morgan fingerprint density at radius 3 is 2.55 bits per heavy atom. The molecular formula is C17H28N2O. The smallest absolute Gasteiger partial charge is 0.115 e. The second-order valence-electron chi connectivity index (χ2n) is 6.96. The fraction of sp³-hybridized carbons (Fsp3) is 0.647. The van der Waals surface area contributed by atoms with Gasteiger partial charge in [0.15, 0.2) is 0 Å². The van der Waals surface area contributed by atoms with Crippen LogP contribution in [0.1, 0.15) is 33.1 Å². The number of anilines is 1. The summed E-state index contributed by atoms with van der Waals surface area (Å²) in [5, 5.41) is 12.9. The van der Waals surface area contributed by atoms with E-state index in [1.165, 1.54) is 24.9 Å². The normalized spacial score (nSPS) is 25.4. The van der Waals surface area contributed by atoms with E-state index >= 15 is 0 Å². The van der Waals surface area contributed by atoms with E-state index in [-0.39, 0.29) is 0 Å². The van der Waals surface area contributed by atoms with Crippen LogP contribution in [-0.4, -0.2) is 31.8 Å². The van der Waals surface area contributed by atoms with Gasteiger partial charge in [-0.3, -0.25) is 0 Å². The monoisotopic (exact) mass is 276 g/mol. The van der Waals surface area contributed by atoms with Gasteiger partial charge in [-0.15, -0.1) is 0 Å². The molecule has 0 saturated heterocycles. The molecule has 0 aliphatic heterocycles. The molecule has 0 spiro atoms. The summed E-state index contributed by atoms with van der Waals surface area (Å²) in [5.74, 6) is 0.997. The lowest BCUT2D eigenvalue weighted by molar-refractivity contribution is 0.146. The van der Waals surface area contributed by atoms with Crippen LogP contribution in [-0.2, 0) is 0 Å². The Balaban J connectivity index is 2.04. The molecule has 1 aliphatic carbocycles. The zero-order chi connectivity index (χ0) is 14.8. The first-order valence-electron chi connectivity index (χ1n) is 7.59. The molecule has 0 heterocycles. The SMILES string of the molecule is CNC1CCC(C)(C)CC1CN(C)c1ccc(O)cc1. The lowest BCUT2D eigenvalue weighted by Crippen LogP contribution is -2.45. The summed E-state index contributed by atoms with van der Waals surface area (Å²) in [4.78, 5) is 2.30. The highest BCUT2D eigenvalue weighted by atomic mass is 16.3. The Labute approximate surface area is 123 Å². The van der Waals surface area contributed by atoms with Gasteiger partial charge in [-0.25, -0.2) is 0 Å². The highest BCUT2D eigenvalue weighted by Gasteiger charge is 2.34. The first-order valence-corrected chi connectivity index (χ1v) is 7.59. The van der Waals surface area contributed by atoms with E-state index in [1.807, 2.05) is 12.1 Å². The largest absolute Gasteiger partial charge is 0.508 e. The quantitative estimate of drug-likeness (QED) is 0.886. The van der Waals surface area contributed by atoms with E-state index in [2.05, 4.69) is 38.2 Å². The van der Waals surface area contributed by atoms with Crippen LogP contribution in [0.15, 0.2) is 24.3 Å². The molecule has 0 aromatic heterocycles. The summed E-state index contributed by atoms with van der Waals surface area (Å²) in [6, 6.07) is 8.09. The van der Waals surface area contributed by atoms with Gasteiger partial charge >= 0.3 is 0 Å². The number of aromatic hydroxyl groups is 1. The number of rotatable bonds is 4. The molecule has 112 valence electrons. The first-order chi connectivity index (χ1) is 9.41. The maximum atomic E-state index is 9.38. The lowest BCUT2D eigenvalue weighted by Gasteiger charge is -2.42. The molecule has 1 aromatic rings. The standard InChI is InChI=1S/C17H28N2O/c1-17(2)10-9-16(18-3)13(11-17)12-19(4)14-5-7-15(20)8-6-14/h5-8,13,16,18,20H,9-12H2,1-4H3. The van der Waals surface area contributed by atoms with Crippen LogP contribution in [0.4, 0.5) is 5.69 Å². The molecule has 2 N–H and O–H groups in total. The van der Waals surface area contributed by atoms with Gasteiger partial charge in [-0.1, -0.05) is 13.8 Å². The molecule has 3 nitrogen and oxygen atoms in total.